The first kappa shape index (κ1) is 19.1. The molecule has 0 aromatic rings. The van der Waals surface area contributed by atoms with Gasteiger partial charge in [-0.15, -0.1) is 0 Å². The molecule has 0 aliphatic heterocycles. The highest BCUT2D eigenvalue weighted by Crippen LogP contribution is 1.90. The van der Waals surface area contributed by atoms with Crippen LogP contribution in [0.25, 0.3) is 0 Å². The first-order valence-electron chi connectivity index (χ1n) is 5.55. The van der Waals surface area contributed by atoms with Crippen molar-refractivity contribution in [3.63, 3.8) is 0 Å². The van der Waals surface area contributed by atoms with Crippen LogP contribution in [-0.2, 0) is 9.59 Å². The Morgan fingerprint density at radius 2 is 1.33 bits per heavy atom. The van der Waals surface area contributed by atoms with Gasteiger partial charge >= 0.3 is 11.9 Å². The molecule has 0 unspecified atom stereocenters. The number of carbonyl (C=O) groups is 2. The van der Waals surface area contributed by atoms with Gasteiger partial charge in [-0.25, -0.2) is 0 Å². The van der Waals surface area contributed by atoms with Crippen LogP contribution in [0.4, 0.5) is 0 Å². The Morgan fingerprint density at radius 3 is 1.56 bits per heavy atom. The van der Waals surface area contributed by atoms with Crippen LogP contribution in [0.5, 0.6) is 0 Å². The van der Waals surface area contributed by atoms with Gasteiger partial charge in [0.05, 0.1) is 26.1 Å². The minimum atomic E-state index is -0.865. The quantitative estimate of drug-likeness (QED) is 0.327. The molecular formula is C10H22N2O6. The average Bonchev–Trinajstić information content (AvgIpc) is 2.27. The monoisotopic (exact) mass is 266 g/mol. The zero-order valence-corrected chi connectivity index (χ0v) is 10.3. The SMILES string of the molecule is NCCC(=O)O.O=C(O)CCN(CCO)CCO. The van der Waals surface area contributed by atoms with Crippen molar-refractivity contribution in [3.8, 4) is 0 Å². The Morgan fingerprint density at radius 1 is 0.889 bits per heavy atom. The van der Waals surface area contributed by atoms with Gasteiger partial charge < -0.3 is 26.2 Å². The molecule has 108 valence electrons. The Balaban J connectivity index is 0. The predicted octanol–water partition coefficient (Wildman–Crippen LogP) is -1.83. The normalized spacial score (nSPS) is 9.78. The molecule has 0 aliphatic rings. The lowest BCUT2D eigenvalue weighted by Crippen LogP contribution is -2.31. The first-order valence-corrected chi connectivity index (χ1v) is 5.55. The fourth-order valence-electron chi connectivity index (χ4n) is 0.995. The number of hydrogen-bond acceptors (Lipinski definition) is 6. The molecule has 0 rings (SSSR count). The van der Waals surface area contributed by atoms with E-state index in [9.17, 15) is 9.59 Å². The lowest BCUT2D eigenvalue weighted by molar-refractivity contribution is -0.138. The second-order valence-electron chi connectivity index (χ2n) is 3.37. The lowest BCUT2D eigenvalue weighted by atomic mass is 10.3. The molecule has 0 radical (unpaired) electrons. The molecule has 0 saturated heterocycles. The van der Waals surface area contributed by atoms with Crippen molar-refractivity contribution in [1.82, 2.24) is 4.90 Å². The van der Waals surface area contributed by atoms with Crippen LogP contribution in [0.2, 0.25) is 0 Å². The number of nitrogens with zero attached hydrogens (tertiary/aromatic N) is 1. The van der Waals surface area contributed by atoms with E-state index in [1.165, 1.54) is 0 Å². The summed E-state index contributed by atoms with van der Waals surface area (Å²) in [6.45, 7) is 1.40. The highest BCUT2D eigenvalue weighted by molar-refractivity contribution is 5.67. The van der Waals surface area contributed by atoms with Crippen molar-refractivity contribution in [2.24, 2.45) is 5.73 Å². The van der Waals surface area contributed by atoms with Gasteiger partial charge in [0.1, 0.15) is 0 Å². The van der Waals surface area contributed by atoms with Crippen molar-refractivity contribution in [2.75, 3.05) is 39.4 Å². The number of carboxylic acid groups (broad SMARTS) is 2. The molecule has 0 amide bonds. The third kappa shape index (κ3) is 17.2. The third-order valence-electron chi connectivity index (χ3n) is 1.83. The standard InChI is InChI=1S/C7H15NO4.C3H7NO2/c9-5-3-8(4-6-10)2-1-7(11)12;4-2-1-3(5)6/h9-10H,1-6H2,(H,11,12);1-2,4H2,(H,5,6). The van der Waals surface area contributed by atoms with Crippen molar-refractivity contribution in [2.45, 2.75) is 12.8 Å². The Kier molecular flexibility index (Phi) is 14.7. The molecule has 0 fully saturated rings. The van der Waals surface area contributed by atoms with Crippen LogP contribution in [0.1, 0.15) is 12.8 Å². The maximum Gasteiger partial charge on any atom is 0.304 e. The van der Waals surface area contributed by atoms with E-state index in [2.05, 4.69) is 0 Å². The number of nitrogens with two attached hydrogens (primary N) is 1. The number of aliphatic hydroxyl groups is 2. The number of hydrogen-bond donors (Lipinski definition) is 5. The second kappa shape index (κ2) is 13.8. The molecule has 6 N–H and O–H groups in total. The summed E-state index contributed by atoms with van der Waals surface area (Å²) in [5, 5.41) is 33.3. The number of carboxylic acids is 2. The van der Waals surface area contributed by atoms with E-state index >= 15 is 0 Å². The van der Waals surface area contributed by atoms with Crippen molar-refractivity contribution in [1.29, 1.82) is 0 Å². The van der Waals surface area contributed by atoms with E-state index in [1.807, 2.05) is 0 Å². The molecule has 0 aromatic heterocycles. The van der Waals surface area contributed by atoms with Gasteiger partial charge in [0, 0.05) is 26.2 Å². The van der Waals surface area contributed by atoms with Crippen LogP contribution in [-0.4, -0.2) is 76.7 Å². The molecule has 0 spiro atoms. The summed E-state index contributed by atoms with van der Waals surface area (Å²) < 4.78 is 0. The summed E-state index contributed by atoms with van der Waals surface area (Å²) in [4.78, 5) is 21.4. The molecule has 18 heavy (non-hydrogen) atoms. The van der Waals surface area contributed by atoms with Gasteiger partial charge in [-0.2, -0.15) is 0 Å². The van der Waals surface area contributed by atoms with Crippen molar-refractivity contribution < 1.29 is 30.0 Å². The molecular weight excluding hydrogens is 244 g/mol. The van der Waals surface area contributed by atoms with E-state index in [-0.39, 0.29) is 32.6 Å². The average molecular weight is 266 g/mol. The van der Waals surface area contributed by atoms with E-state index in [0.717, 1.165) is 0 Å². The Bertz CT molecular complexity index is 218. The van der Waals surface area contributed by atoms with Crippen molar-refractivity contribution >= 4 is 11.9 Å². The van der Waals surface area contributed by atoms with Crippen LogP contribution in [0, 0.1) is 0 Å². The van der Waals surface area contributed by atoms with Crippen LogP contribution < -0.4 is 5.73 Å². The summed E-state index contributed by atoms with van der Waals surface area (Å²) in [5.41, 5.74) is 4.85. The maximum atomic E-state index is 10.2. The van der Waals surface area contributed by atoms with E-state index in [4.69, 9.17) is 26.2 Å². The summed E-state index contributed by atoms with van der Waals surface area (Å²) in [7, 11) is 0. The fourth-order valence-corrected chi connectivity index (χ4v) is 0.995. The molecule has 0 saturated carbocycles. The van der Waals surface area contributed by atoms with E-state index in [1.54, 1.807) is 4.90 Å². The van der Waals surface area contributed by atoms with E-state index in [0.29, 0.717) is 19.6 Å². The van der Waals surface area contributed by atoms with Gasteiger partial charge in [-0.1, -0.05) is 0 Å². The fraction of sp³-hybridized carbons (Fsp3) is 0.800. The lowest BCUT2D eigenvalue weighted by Gasteiger charge is -2.18. The van der Waals surface area contributed by atoms with Crippen LogP contribution >= 0.6 is 0 Å². The minimum absolute atomic E-state index is 0.0143. The first-order chi connectivity index (χ1) is 8.47. The maximum absolute atomic E-state index is 10.2. The highest BCUT2D eigenvalue weighted by atomic mass is 16.4. The zero-order chi connectivity index (χ0) is 14.4. The number of aliphatic hydroxyl groups excluding tert-OH is 2. The Hall–Kier alpha value is -1.22. The predicted molar refractivity (Wildman–Crippen MR) is 64.2 cm³/mol. The van der Waals surface area contributed by atoms with E-state index < -0.39 is 11.9 Å². The van der Waals surface area contributed by atoms with Crippen molar-refractivity contribution in [3.05, 3.63) is 0 Å². The number of rotatable bonds is 9. The largest absolute Gasteiger partial charge is 0.481 e. The summed E-state index contributed by atoms with van der Waals surface area (Å²) >= 11 is 0. The van der Waals surface area contributed by atoms with Crippen LogP contribution in [0.3, 0.4) is 0 Å². The third-order valence-corrected chi connectivity index (χ3v) is 1.83. The Labute approximate surface area is 106 Å². The second-order valence-corrected chi connectivity index (χ2v) is 3.37. The van der Waals surface area contributed by atoms with Gasteiger partial charge in [0.2, 0.25) is 0 Å². The van der Waals surface area contributed by atoms with Gasteiger partial charge in [0.15, 0.2) is 0 Å². The topological polar surface area (TPSA) is 144 Å². The molecule has 0 heterocycles. The summed E-state index contributed by atoms with van der Waals surface area (Å²) in [6, 6.07) is 0. The minimum Gasteiger partial charge on any atom is -0.481 e. The van der Waals surface area contributed by atoms with Crippen LogP contribution in [0.15, 0.2) is 0 Å². The molecule has 8 heteroatoms. The molecule has 0 aromatic carbocycles. The molecule has 0 atom stereocenters. The molecule has 0 bridgehead atoms. The summed E-state index contributed by atoms with van der Waals surface area (Å²) in [5.74, 6) is -1.70. The van der Waals surface area contributed by atoms with Gasteiger partial charge in [-0.05, 0) is 0 Å². The smallest absolute Gasteiger partial charge is 0.304 e. The molecule has 0 aliphatic carbocycles. The molecule has 8 nitrogen and oxygen atoms in total. The number of aliphatic carboxylic acids is 2. The summed E-state index contributed by atoms with van der Waals surface area (Å²) in [6.07, 6.45) is 0.111. The van der Waals surface area contributed by atoms with Gasteiger partial charge in [-0.3, -0.25) is 14.5 Å². The highest BCUT2D eigenvalue weighted by Gasteiger charge is 2.05. The zero-order valence-electron chi connectivity index (χ0n) is 10.3. The van der Waals surface area contributed by atoms with Gasteiger partial charge in [0.25, 0.3) is 0 Å².